The molecule has 0 radical (unpaired) electrons. The van der Waals surface area contributed by atoms with Crippen molar-refractivity contribution in [1.82, 2.24) is 0 Å². The van der Waals surface area contributed by atoms with Crippen molar-refractivity contribution < 1.29 is 19.1 Å². The van der Waals surface area contributed by atoms with Crippen LogP contribution >= 0.6 is 0 Å². The number of hydrogen-bond donors (Lipinski definition) is 0. The molecule has 0 amide bonds. The molecule has 0 fully saturated rings. The summed E-state index contributed by atoms with van der Waals surface area (Å²) in [5.74, 6) is -1.89. The summed E-state index contributed by atoms with van der Waals surface area (Å²) < 4.78 is 10.2. The Hall–Kier alpha value is -1.32. The van der Waals surface area contributed by atoms with E-state index < -0.39 is 17.9 Å². The van der Waals surface area contributed by atoms with Crippen molar-refractivity contribution >= 4 is 11.9 Å². The molecular weight excluding hydrogens is 244 g/mol. The van der Waals surface area contributed by atoms with Crippen LogP contribution in [0.2, 0.25) is 0 Å². The molecular formula is C15H26O4. The maximum atomic E-state index is 12.0. The van der Waals surface area contributed by atoms with E-state index in [0.717, 1.165) is 24.8 Å². The van der Waals surface area contributed by atoms with Crippen LogP contribution in [-0.2, 0) is 19.1 Å². The maximum Gasteiger partial charge on any atom is 0.324 e. The average Bonchev–Trinajstić information content (AvgIpc) is 2.42. The SMILES string of the molecule is CCC=C(CC)C(C(=O)OCCC)C(=O)OCCC. The molecule has 0 saturated carbocycles. The van der Waals surface area contributed by atoms with Crippen molar-refractivity contribution in [2.75, 3.05) is 13.2 Å². The van der Waals surface area contributed by atoms with Crippen LogP contribution in [0.4, 0.5) is 0 Å². The van der Waals surface area contributed by atoms with E-state index >= 15 is 0 Å². The molecule has 0 saturated heterocycles. The molecule has 0 aliphatic rings. The highest BCUT2D eigenvalue weighted by Crippen LogP contribution is 2.19. The minimum atomic E-state index is -0.900. The summed E-state index contributed by atoms with van der Waals surface area (Å²) in [4.78, 5) is 24.0. The summed E-state index contributed by atoms with van der Waals surface area (Å²) in [5, 5.41) is 0. The summed E-state index contributed by atoms with van der Waals surface area (Å²) in [5.41, 5.74) is 0.782. The Kier molecular flexibility index (Phi) is 9.85. The first-order chi connectivity index (χ1) is 9.12. The van der Waals surface area contributed by atoms with Crippen LogP contribution in [0.25, 0.3) is 0 Å². The molecule has 0 atom stereocenters. The third-order valence-electron chi connectivity index (χ3n) is 2.61. The maximum absolute atomic E-state index is 12.0. The minimum Gasteiger partial charge on any atom is -0.465 e. The molecule has 0 heterocycles. The van der Waals surface area contributed by atoms with Gasteiger partial charge >= 0.3 is 11.9 Å². The molecule has 19 heavy (non-hydrogen) atoms. The summed E-state index contributed by atoms with van der Waals surface area (Å²) >= 11 is 0. The van der Waals surface area contributed by atoms with Crippen LogP contribution in [0.1, 0.15) is 53.4 Å². The number of ether oxygens (including phenoxy) is 2. The second-order valence-electron chi connectivity index (χ2n) is 4.31. The second-order valence-corrected chi connectivity index (χ2v) is 4.31. The summed E-state index contributed by atoms with van der Waals surface area (Å²) in [6.07, 6.45) is 4.80. The van der Waals surface area contributed by atoms with Gasteiger partial charge in [0.25, 0.3) is 0 Å². The molecule has 0 rings (SSSR count). The monoisotopic (exact) mass is 270 g/mol. The van der Waals surface area contributed by atoms with E-state index in [1.54, 1.807) is 0 Å². The van der Waals surface area contributed by atoms with Crippen LogP contribution in [0.5, 0.6) is 0 Å². The molecule has 0 spiro atoms. The van der Waals surface area contributed by atoms with Crippen molar-refractivity contribution in [3.63, 3.8) is 0 Å². The summed E-state index contributed by atoms with van der Waals surface area (Å²) in [6.45, 7) is 8.40. The highest BCUT2D eigenvalue weighted by atomic mass is 16.6. The second kappa shape index (κ2) is 10.6. The van der Waals surface area contributed by atoms with Crippen molar-refractivity contribution in [3.05, 3.63) is 11.6 Å². The van der Waals surface area contributed by atoms with Crippen LogP contribution in [0.3, 0.4) is 0 Å². The van der Waals surface area contributed by atoms with Gasteiger partial charge in [-0.15, -0.1) is 0 Å². The number of hydrogen-bond acceptors (Lipinski definition) is 4. The molecule has 0 aliphatic carbocycles. The number of carbonyl (C=O) groups excluding carboxylic acids is 2. The Labute approximate surface area is 116 Å². The van der Waals surface area contributed by atoms with E-state index in [1.807, 2.05) is 33.8 Å². The molecule has 4 heteroatoms. The van der Waals surface area contributed by atoms with Gasteiger partial charge in [0, 0.05) is 0 Å². The smallest absolute Gasteiger partial charge is 0.324 e. The van der Waals surface area contributed by atoms with Gasteiger partial charge in [0.05, 0.1) is 13.2 Å². The molecule has 0 aliphatic heterocycles. The van der Waals surface area contributed by atoms with E-state index in [4.69, 9.17) is 9.47 Å². The van der Waals surface area contributed by atoms with Gasteiger partial charge in [-0.05, 0) is 31.3 Å². The topological polar surface area (TPSA) is 52.6 Å². The van der Waals surface area contributed by atoms with Crippen LogP contribution < -0.4 is 0 Å². The Morgan fingerprint density at radius 3 is 1.74 bits per heavy atom. The van der Waals surface area contributed by atoms with Gasteiger partial charge in [0.15, 0.2) is 5.92 Å². The Balaban J connectivity index is 4.95. The van der Waals surface area contributed by atoms with E-state index in [9.17, 15) is 9.59 Å². The van der Waals surface area contributed by atoms with Crippen LogP contribution in [-0.4, -0.2) is 25.2 Å². The average molecular weight is 270 g/mol. The lowest BCUT2D eigenvalue weighted by atomic mass is 9.96. The Bertz CT molecular complexity index is 287. The zero-order chi connectivity index (χ0) is 14.7. The molecule has 0 aromatic carbocycles. The fourth-order valence-electron chi connectivity index (χ4n) is 1.70. The van der Waals surface area contributed by atoms with Crippen molar-refractivity contribution in [2.45, 2.75) is 53.4 Å². The molecule has 0 unspecified atom stereocenters. The molecule has 0 bridgehead atoms. The highest BCUT2D eigenvalue weighted by Gasteiger charge is 2.32. The van der Waals surface area contributed by atoms with Gasteiger partial charge in [0.2, 0.25) is 0 Å². The standard InChI is InChI=1S/C15H26O4/c1-5-9-12(8-4)13(14(16)18-10-6-2)15(17)19-11-7-3/h9,13H,5-8,10-11H2,1-4H3. The lowest BCUT2D eigenvalue weighted by Gasteiger charge is -2.17. The number of carbonyl (C=O) groups is 2. The van der Waals surface area contributed by atoms with Gasteiger partial charge in [-0.25, -0.2) is 0 Å². The lowest BCUT2D eigenvalue weighted by molar-refractivity contribution is -0.160. The normalized spacial score (nSPS) is 11.5. The largest absolute Gasteiger partial charge is 0.465 e. The van der Waals surface area contributed by atoms with E-state index in [1.165, 1.54) is 0 Å². The molecule has 0 N–H and O–H groups in total. The quantitative estimate of drug-likeness (QED) is 0.366. The predicted octanol–water partition coefficient (Wildman–Crippen LogP) is 3.26. The summed E-state index contributed by atoms with van der Waals surface area (Å²) in [6, 6.07) is 0. The zero-order valence-corrected chi connectivity index (χ0v) is 12.5. The Morgan fingerprint density at radius 1 is 0.947 bits per heavy atom. The van der Waals surface area contributed by atoms with E-state index in [2.05, 4.69) is 0 Å². The Morgan fingerprint density at radius 2 is 1.42 bits per heavy atom. The van der Waals surface area contributed by atoms with Crippen LogP contribution in [0, 0.1) is 5.92 Å². The summed E-state index contributed by atoms with van der Waals surface area (Å²) in [7, 11) is 0. The molecule has 110 valence electrons. The number of esters is 2. The van der Waals surface area contributed by atoms with Crippen molar-refractivity contribution in [2.24, 2.45) is 5.92 Å². The lowest BCUT2D eigenvalue weighted by Crippen LogP contribution is -2.30. The van der Waals surface area contributed by atoms with Crippen molar-refractivity contribution in [3.8, 4) is 0 Å². The fraction of sp³-hybridized carbons (Fsp3) is 0.733. The van der Waals surface area contributed by atoms with Gasteiger partial charge < -0.3 is 9.47 Å². The highest BCUT2D eigenvalue weighted by molar-refractivity contribution is 5.98. The molecule has 4 nitrogen and oxygen atoms in total. The minimum absolute atomic E-state index is 0.333. The van der Waals surface area contributed by atoms with Gasteiger partial charge in [-0.1, -0.05) is 33.8 Å². The molecule has 0 aromatic heterocycles. The van der Waals surface area contributed by atoms with Gasteiger partial charge in [0.1, 0.15) is 0 Å². The van der Waals surface area contributed by atoms with Crippen molar-refractivity contribution in [1.29, 1.82) is 0 Å². The van der Waals surface area contributed by atoms with Crippen LogP contribution in [0.15, 0.2) is 11.6 Å². The predicted molar refractivity (Wildman–Crippen MR) is 74.7 cm³/mol. The first-order valence-electron chi connectivity index (χ1n) is 7.14. The van der Waals surface area contributed by atoms with E-state index in [0.29, 0.717) is 19.6 Å². The fourth-order valence-corrected chi connectivity index (χ4v) is 1.70. The number of rotatable bonds is 9. The third kappa shape index (κ3) is 6.41. The first kappa shape index (κ1) is 17.7. The number of allylic oxidation sites excluding steroid dienone is 1. The zero-order valence-electron chi connectivity index (χ0n) is 12.5. The first-order valence-corrected chi connectivity index (χ1v) is 7.14. The van der Waals surface area contributed by atoms with Gasteiger partial charge in [-0.2, -0.15) is 0 Å². The molecule has 0 aromatic rings. The van der Waals surface area contributed by atoms with Gasteiger partial charge in [-0.3, -0.25) is 9.59 Å². The van der Waals surface area contributed by atoms with E-state index in [-0.39, 0.29) is 0 Å². The third-order valence-corrected chi connectivity index (χ3v) is 2.61.